The van der Waals surface area contributed by atoms with E-state index in [4.69, 9.17) is 5.11 Å². The summed E-state index contributed by atoms with van der Waals surface area (Å²) >= 11 is 0. The predicted octanol–water partition coefficient (Wildman–Crippen LogP) is 1.57. The summed E-state index contributed by atoms with van der Waals surface area (Å²) in [6, 6.07) is 2.61. The average molecular weight is 272 g/mol. The number of carboxylic acids is 1. The summed E-state index contributed by atoms with van der Waals surface area (Å²) in [5.41, 5.74) is 0.0187. The van der Waals surface area contributed by atoms with Crippen LogP contribution in [0.2, 0.25) is 0 Å². The summed E-state index contributed by atoms with van der Waals surface area (Å²) in [4.78, 5) is 14.3. The van der Waals surface area contributed by atoms with Crippen molar-refractivity contribution in [1.82, 2.24) is 4.98 Å². The third-order valence-corrected chi connectivity index (χ3v) is 3.54. The van der Waals surface area contributed by atoms with Gasteiger partial charge in [0, 0.05) is 6.20 Å². The van der Waals surface area contributed by atoms with Gasteiger partial charge in [-0.15, -0.1) is 0 Å². The van der Waals surface area contributed by atoms with Crippen LogP contribution in [0.4, 0.5) is 5.69 Å². The topological polar surface area (TPSA) is 96.4 Å². The molecule has 7 heteroatoms. The van der Waals surface area contributed by atoms with Gasteiger partial charge in [0.15, 0.2) is 0 Å². The van der Waals surface area contributed by atoms with Gasteiger partial charge in [0.2, 0.25) is 10.0 Å². The predicted molar refractivity (Wildman–Crippen MR) is 68.1 cm³/mol. The van der Waals surface area contributed by atoms with E-state index >= 15 is 0 Å². The molecule has 0 unspecified atom stereocenters. The van der Waals surface area contributed by atoms with Gasteiger partial charge < -0.3 is 5.11 Å². The lowest BCUT2D eigenvalue weighted by molar-refractivity contribution is 0.0690. The molecule has 100 valence electrons. The zero-order valence-electron chi connectivity index (χ0n) is 10.3. The van der Waals surface area contributed by atoms with Gasteiger partial charge in [-0.25, -0.2) is 18.2 Å². The number of nitrogens with one attached hydrogen (secondary N) is 1. The second-order valence-corrected chi connectivity index (χ2v) is 6.18. The molecule has 0 saturated heterocycles. The Balaban J connectivity index is 2.78. The summed E-state index contributed by atoms with van der Waals surface area (Å²) in [5, 5.41) is 8.74. The number of sulfonamides is 1. The van der Waals surface area contributed by atoms with Crippen LogP contribution in [-0.2, 0) is 10.0 Å². The van der Waals surface area contributed by atoms with Gasteiger partial charge in [0.05, 0.1) is 11.4 Å². The third-order valence-electron chi connectivity index (χ3n) is 2.22. The van der Waals surface area contributed by atoms with E-state index in [1.165, 1.54) is 18.3 Å². The van der Waals surface area contributed by atoms with E-state index in [9.17, 15) is 13.2 Å². The largest absolute Gasteiger partial charge is 0.477 e. The molecular weight excluding hydrogens is 256 g/mol. The van der Waals surface area contributed by atoms with Gasteiger partial charge in [0.1, 0.15) is 5.69 Å². The standard InChI is InChI=1S/C11H16N2O4S/c1-8(2)4-6-18(16,17)13-9-3-5-12-10(7-9)11(14)15/h3,5,7-8H,4,6H2,1-2H3,(H,12,13)(H,14,15). The number of rotatable bonds is 6. The fourth-order valence-corrected chi connectivity index (χ4v) is 2.60. The van der Waals surface area contributed by atoms with Crippen LogP contribution in [0.15, 0.2) is 18.3 Å². The summed E-state index contributed by atoms with van der Waals surface area (Å²) in [5.74, 6) is -0.901. The molecule has 1 heterocycles. The molecule has 6 nitrogen and oxygen atoms in total. The molecule has 0 atom stereocenters. The first-order valence-corrected chi connectivity index (χ1v) is 7.15. The van der Waals surface area contributed by atoms with Crippen LogP contribution in [-0.4, -0.2) is 30.2 Å². The van der Waals surface area contributed by atoms with Crippen molar-refractivity contribution in [2.75, 3.05) is 10.5 Å². The number of carbonyl (C=O) groups is 1. The number of aromatic nitrogens is 1. The van der Waals surface area contributed by atoms with Crippen molar-refractivity contribution in [2.24, 2.45) is 5.92 Å². The van der Waals surface area contributed by atoms with Crippen LogP contribution in [0.3, 0.4) is 0 Å². The molecular formula is C11H16N2O4S. The monoisotopic (exact) mass is 272 g/mol. The Kier molecular flexibility index (Phi) is 4.66. The number of aromatic carboxylic acids is 1. The fraction of sp³-hybridized carbons (Fsp3) is 0.455. The molecule has 0 aromatic carbocycles. The first kappa shape index (κ1) is 14.4. The quantitative estimate of drug-likeness (QED) is 0.819. The van der Waals surface area contributed by atoms with E-state index in [-0.39, 0.29) is 23.1 Å². The second kappa shape index (κ2) is 5.81. The Labute approximate surface area is 106 Å². The Hall–Kier alpha value is -1.63. The number of pyridine rings is 1. The summed E-state index contributed by atoms with van der Waals surface area (Å²) in [6.07, 6.45) is 1.80. The highest BCUT2D eigenvalue weighted by Gasteiger charge is 2.13. The van der Waals surface area contributed by atoms with Gasteiger partial charge in [0.25, 0.3) is 0 Å². The molecule has 1 aromatic heterocycles. The van der Waals surface area contributed by atoms with E-state index < -0.39 is 16.0 Å². The third kappa shape index (κ3) is 4.70. The van der Waals surface area contributed by atoms with E-state index in [0.29, 0.717) is 6.42 Å². The van der Waals surface area contributed by atoms with Crippen LogP contribution in [0.5, 0.6) is 0 Å². The minimum atomic E-state index is -3.44. The Morgan fingerprint density at radius 2 is 2.17 bits per heavy atom. The number of nitrogens with zero attached hydrogens (tertiary/aromatic N) is 1. The van der Waals surface area contributed by atoms with Crippen molar-refractivity contribution in [1.29, 1.82) is 0 Å². The first-order valence-electron chi connectivity index (χ1n) is 5.50. The van der Waals surface area contributed by atoms with Crippen LogP contribution < -0.4 is 4.72 Å². The van der Waals surface area contributed by atoms with E-state index in [1.54, 1.807) is 0 Å². The van der Waals surface area contributed by atoms with Crippen molar-refractivity contribution in [2.45, 2.75) is 20.3 Å². The molecule has 0 fully saturated rings. The van der Waals surface area contributed by atoms with Crippen molar-refractivity contribution in [3.05, 3.63) is 24.0 Å². The zero-order chi connectivity index (χ0) is 13.8. The van der Waals surface area contributed by atoms with Crippen LogP contribution in [0.1, 0.15) is 30.8 Å². The summed E-state index contributed by atoms with van der Waals surface area (Å²) in [6.45, 7) is 3.87. The van der Waals surface area contributed by atoms with Gasteiger partial charge in [-0.2, -0.15) is 0 Å². The highest BCUT2D eigenvalue weighted by Crippen LogP contribution is 2.12. The molecule has 1 rings (SSSR count). The summed E-state index contributed by atoms with van der Waals surface area (Å²) in [7, 11) is -3.44. The van der Waals surface area contributed by atoms with Crippen molar-refractivity contribution in [3.8, 4) is 0 Å². The molecule has 0 spiro atoms. The minimum Gasteiger partial charge on any atom is -0.477 e. The van der Waals surface area contributed by atoms with Gasteiger partial charge in [-0.05, 0) is 24.5 Å². The molecule has 0 saturated carbocycles. The number of hydrogen-bond acceptors (Lipinski definition) is 4. The van der Waals surface area contributed by atoms with E-state index in [1.807, 2.05) is 13.8 Å². The normalized spacial score (nSPS) is 11.5. The Morgan fingerprint density at radius 3 is 2.72 bits per heavy atom. The molecule has 0 radical (unpaired) electrons. The smallest absolute Gasteiger partial charge is 0.354 e. The van der Waals surface area contributed by atoms with Crippen LogP contribution >= 0.6 is 0 Å². The molecule has 0 aliphatic carbocycles. The van der Waals surface area contributed by atoms with Gasteiger partial charge in [-0.1, -0.05) is 13.8 Å². The van der Waals surface area contributed by atoms with Gasteiger partial charge in [-0.3, -0.25) is 4.72 Å². The molecule has 0 aliphatic rings. The van der Waals surface area contributed by atoms with E-state index in [2.05, 4.69) is 9.71 Å². The molecule has 1 aromatic rings. The second-order valence-electron chi connectivity index (χ2n) is 4.34. The maximum Gasteiger partial charge on any atom is 0.354 e. The fourth-order valence-electron chi connectivity index (χ4n) is 1.23. The van der Waals surface area contributed by atoms with Crippen molar-refractivity contribution < 1.29 is 18.3 Å². The summed E-state index contributed by atoms with van der Waals surface area (Å²) < 4.78 is 25.8. The Morgan fingerprint density at radius 1 is 1.50 bits per heavy atom. The lowest BCUT2D eigenvalue weighted by Crippen LogP contribution is -2.18. The Bertz CT molecular complexity index is 526. The number of anilines is 1. The zero-order valence-corrected chi connectivity index (χ0v) is 11.1. The molecule has 0 aliphatic heterocycles. The van der Waals surface area contributed by atoms with Crippen molar-refractivity contribution in [3.63, 3.8) is 0 Å². The molecule has 0 bridgehead atoms. The minimum absolute atomic E-state index is 0.00932. The van der Waals surface area contributed by atoms with Gasteiger partial charge >= 0.3 is 5.97 Å². The molecule has 18 heavy (non-hydrogen) atoms. The maximum absolute atomic E-state index is 11.7. The lowest BCUT2D eigenvalue weighted by atomic mass is 10.2. The molecule has 0 amide bonds. The molecule has 2 N–H and O–H groups in total. The first-order chi connectivity index (χ1) is 8.30. The highest BCUT2D eigenvalue weighted by molar-refractivity contribution is 7.92. The number of hydrogen-bond donors (Lipinski definition) is 2. The number of carboxylic acid groups (broad SMARTS) is 1. The van der Waals surface area contributed by atoms with Crippen LogP contribution in [0.25, 0.3) is 0 Å². The van der Waals surface area contributed by atoms with Crippen LogP contribution in [0, 0.1) is 5.92 Å². The van der Waals surface area contributed by atoms with E-state index in [0.717, 1.165) is 0 Å². The average Bonchev–Trinajstić information content (AvgIpc) is 2.26. The highest BCUT2D eigenvalue weighted by atomic mass is 32.2. The SMILES string of the molecule is CC(C)CCS(=O)(=O)Nc1ccnc(C(=O)O)c1. The van der Waals surface area contributed by atoms with Crippen molar-refractivity contribution >= 4 is 21.7 Å². The lowest BCUT2D eigenvalue weighted by Gasteiger charge is -2.09. The maximum atomic E-state index is 11.7.